The molecule has 0 fully saturated rings. The van der Waals surface area contributed by atoms with Gasteiger partial charge in [0.1, 0.15) is 5.75 Å². The van der Waals surface area contributed by atoms with Crippen LogP contribution in [-0.4, -0.2) is 24.4 Å². The van der Waals surface area contributed by atoms with Crippen LogP contribution < -0.4 is 4.74 Å². The molecule has 1 aromatic heterocycles. The van der Waals surface area contributed by atoms with E-state index < -0.39 is 0 Å². The van der Waals surface area contributed by atoms with Gasteiger partial charge >= 0.3 is 0 Å². The van der Waals surface area contributed by atoms with Crippen molar-refractivity contribution in [2.75, 3.05) is 13.7 Å². The third kappa shape index (κ3) is 3.28. The number of hydrogen-bond donors (Lipinski definition) is 0. The van der Waals surface area contributed by atoms with Gasteiger partial charge in [-0.3, -0.25) is 9.98 Å². The number of rotatable bonds is 5. The lowest BCUT2D eigenvalue weighted by atomic mass is 9.84. The van der Waals surface area contributed by atoms with Crippen LogP contribution in [-0.2, 0) is 6.42 Å². The second-order valence-electron chi connectivity index (χ2n) is 5.96. The molecule has 24 heavy (non-hydrogen) atoms. The van der Waals surface area contributed by atoms with Crippen molar-refractivity contribution in [3.05, 3.63) is 57.3 Å². The first-order valence-corrected chi connectivity index (χ1v) is 8.89. The van der Waals surface area contributed by atoms with E-state index in [0.29, 0.717) is 22.4 Å². The van der Waals surface area contributed by atoms with Gasteiger partial charge in [0.2, 0.25) is 0 Å². The van der Waals surface area contributed by atoms with Crippen LogP contribution in [0.15, 0.2) is 35.6 Å². The van der Waals surface area contributed by atoms with E-state index in [0.717, 1.165) is 42.0 Å². The molecule has 0 N–H and O–H groups in total. The van der Waals surface area contributed by atoms with Gasteiger partial charge in [-0.1, -0.05) is 48.7 Å². The molecule has 0 bridgehead atoms. The fourth-order valence-corrected chi connectivity index (χ4v) is 3.78. The van der Waals surface area contributed by atoms with Gasteiger partial charge in [0.25, 0.3) is 0 Å². The van der Waals surface area contributed by atoms with Crippen molar-refractivity contribution in [3.63, 3.8) is 0 Å². The second-order valence-corrected chi connectivity index (χ2v) is 6.77. The van der Waals surface area contributed by atoms with Crippen molar-refractivity contribution in [2.24, 2.45) is 4.99 Å². The molecule has 1 unspecified atom stereocenters. The number of methoxy groups -OCH3 is 1. The first-order chi connectivity index (χ1) is 11.7. The van der Waals surface area contributed by atoms with Crippen molar-refractivity contribution >= 4 is 28.9 Å². The van der Waals surface area contributed by atoms with Crippen LogP contribution in [0.1, 0.15) is 42.4 Å². The van der Waals surface area contributed by atoms with Gasteiger partial charge in [0.15, 0.2) is 0 Å². The molecule has 0 aliphatic carbocycles. The van der Waals surface area contributed by atoms with Crippen LogP contribution in [0.25, 0.3) is 0 Å². The smallest absolute Gasteiger partial charge is 0.128 e. The molecule has 2 heterocycles. The van der Waals surface area contributed by atoms with Gasteiger partial charge in [0, 0.05) is 36.8 Å². The summed E-state index contributed by atoms with van der Waals surface area (Å²) in [6.07, 6.45) is 6.07. The second kappa shape index (κ2) is 7.54. The van der Waals surface area contributed by atoms with Crippen molar-refractivity contribution < 1.29 is 4.74 Å². The molecule has 1 aliphatic heterocycles. The normalized spacial score (nSPS) is 16.5. The number of ether oxygens (including phenoxy) is 1. The quantitative estimate of drug-likeness (QED) is 0.720. The van der Waals surface area contributed by atoms with Crippen LogP contribution in [0.4, 0.5) is 0 Å². The number of nitrogens with zero attached hydrogens (tertiary/aromatic N) is 2. The van der Waals surface area contributed by atoms with E-state index in [1.807, 2.05) is 6.07 Å². The molecule has 2 aromatic rings. The standard InChI is InChI=1S/C19H20Cl2N2O/c1-3-5-12-9-23-17(8-14-15(20)10-22-11-16(14)21)19-13(12)6-4-7-18(19)24-2/h4,6-7,10-12H,3,5,8-9H2,1-2H3. The van der Waals surface area contributed by atoms with E-state index in [1.54, 1.807) is 19.5 Å². The fourth-order valence-electron chi connectivity index (χ4n) is 3.28. The summed E-state index contributed by atoms with van der Waals surface area (Å²) in [5.74, 6) is 1.29. The number of aliphatic imine (C=N–C) groups is 1. The van der Waals surface area contributed by atoms with Crippen molar-refractivity contribution in [1.82, 2.24) is 4.98 Å². The minimum absolute atomic E-state index is 0.437. The Labute approximate surface area is 152 Å². The van der Waals surface area contributed by atoms with Crippen molar-refractivity contribution in [3.8, 4) is 5.75 Å². The summed E-state index contributed by atoms with van der Waals surface area (Å²) in [4.78, 5) is 8.88. The minimum atomic E-state index is 0.437. The zero-order valence-electron chi connectivity index (χ0n) is 13.9. The lowest BCUT2D eigenvalue weighted by molar-refractivity contribution is 0.412. The summed E-state index contributed by atoms with van der Waals surface area (Å²) in [5, 5.41) is 1.13. The predicted molar refractivity (Wildman–Crippen MR) is 100 cm³/mol. The number of halogens is 2. The monoisotopic (exact) mass is 362 g/mol. The van der Waals surface area contributed by atoms with E-state index in [1.165, 1.54) is 5.56 Å². The topological polar surface area (TPSA) is 34.5 Å². The van der Waals surface area contributed by atoms with Gasteiger partial charge in [-0.2, -0.15) is 0 Å². The Morgan fingerprint density at radius 3 is 2.62 bits per heavy atom. The number of hydrogen-bond acceptors (Lipinski definition) is 3. The lowest BCUT2D eigenvalue weighted by Crippen LogP contribution is -2.20. The molecule has 0 saturated carbocycles. The van der Waals surface area contributed by atoms with Crippen LogP contribution in [0, 0.1) is 0 Å². The highest BCUT2D eigenvalue weighted by Crippen LogP contribution is 2.36. The SMILES string of the molecule is CCCC1CN=C(Cc2c(Cl)cncc2Cl)c2c(OC)cccc21. The molecular weight excluding hydrogens is 343 g/mol. The molecule has 0 radical (unpaired) electrons. The maximum absolute atomic E-state index is 6.29. The van der Waals surface area contributed by atoms with E-state index in [4.69, 9.17) is 32.9 Å². The maximum Gasteiger partial charge on any atom is 0.128 e. The molecule has 1 aromatic carbocycles. The highest BCUT2D eigenvalue weighted by molar-refractivity contribution is 6.36. The van der Waals surface area contributed by atoms with Crippen LogP contribution >= 0.6 is 23.2 Å². The molecule has 5 heteroatoms. The van der Waals surface area contributed by atoms with Gasteiger partial charge < -0.3 is 4.74 Å². The lowest BCUT2D eigenvalue weighted by Gasteiger charge is -2.26. The third-order valence-corrected chi connectivity index (χ3v) is 5.09. The highest BCUT2D eigenvalue weighted by atomic mass is 35.5. The van der Waals surface area contributed by atoms with Gasteiger partial charge in [-0.15, -0.1) is 0 Å². The van der Waals surface area contributed by atoms with Crippen LogP contribution in [0.2, 0.25) is 10.0 Å². The Hall–Kier alpha value is -1.58. The highest BCUT2D eigenvalue weighted by Gasteiger charge is 2.26. The zero-order chi connectivity index (χ0) is 17.1. The Morgan fingerprint density at radius 2 is 1.96 bits per heavy atom. The summed E-state index contributed by atoms with van der Waals surface area (Å²) >= 11 is 12.6. The van der Waals surface area contributed by atoms with Crippen molar-refractivity contribution in [2.45, 2.75) is 32.1 Å². The summed E-state index contributed by atoms with van der Waals surface area (Å²) in [7, 11) is 1.70. The van der Waals surface area contributed by atoms with Crippen LogP contribution in [0.3, 0.4) is 0 Å². The Bertz CT molecular complexity index is 754. The van der Waals surface area contributed by atoms with Gasteiger partial charge in [-0.25, -0.2) is 0 Å². The first kappa shape index (κ1) is 17.2. The van der Waals surface area contributed by atoms with Gasteiger partial charge in [0.05, 0.1) is 22.9 Å². The average Bonchev–Trinajstić information content (AvgIpc) is 2.59. The average molecular weight is 363 g/mol. The largest absolute Gasteiger partial charge is 0.496 e. The summed E-state index contributed by atoms with van der Waals surface area (Å²) in [6.45, 7) is 3.00. The maximum atomic E-state index is 6.29. The first-order valence-electron chi connectivity index (χ1n) is 8.14. The number of aromatic nitrogens is 1. The van der Waals surface area contributed by atoms with E-state index in [9.17, 15) is 0 Å². The summed E-state index contributed by atoms with van der Waals surface area (Å²) < 4.78 is 5.61. The molecule has 0 spiro atoms. The molecule has 3 nitrogen and oxygen atoms in total. The Kier molecular flexibility index (Phi) is 5.42. The predicted octanol–water partition coefficient (Wildman–Crippen LogP) is 5.33. The molecular formula is C19H20Cl2N2O. The Morgan fingerprint density at radius 1 is 1.21 bits per heavy atom. The van der Waals surface area contributed by atoms with E-state index in [-0.39, 0.29) is 0 Å². The molecule has 1 aliphatic rings. The molecule has 3 rings (SSSR count). The third-order valence-electron chi connectivity index (χ3n) is 4.44. The zero-order valence-corrected chi connectivity index (χ0v) is 15.4. The molecule has 0 saturated heterocycles. The molecule has 126 valence electrons. The summed E-state index contributed by atoms with van der Waals surface area (Å²) in [5.41, 5.74) is 4.24. The number of fused-ring (bicyclic) bond motifs is 1. The summed E-state index contributed by atoms with van der Waals surface area (Å²) in [6, 6.07) is 6.22. The van der Waals surface area contributed by atoms with E-state index in [2.05, 4.69) is 24.0 Å². The van der Waals surface area contributed by atoms with Crippen LogP contribution in [0.5, 0.6) is 5.75 Å². The van der Waals surface area contributed by atoms with E-state index >= 15 is 0 Å². The number of pyridine rings is 1. The molecule has 0 amide bonds. The molecule has 1 atom stereocenters. The number of benzene rings is 1. The fraction of sp³-hybridized carbons (Fsp3) is 0.368. The van der Waals surface area contributed by atoms with Crippen molar-refractivity contribution in [1.29, 1.82) is 0 Å². The van der Waals surface area contributed by atoms with Gasteiger partial charge in [-0.05, 0) is 23.6 Å². The Balaban J connectivity index is 2.05. The minimum Gasteiger partial charge on any atom is -0.496 e.